The quantitative estimate of drug-likeness (QED) is 0.156. The number of benzene rings is 2. The normalized spacial score (nSPS) is 14.0. The van der Waals surface area contributed by atoms with Crippen molar-refractivity contribution in [2.75, 3.05) is 36.8 Å². The molecule has 0 spiro atoms. The first kappa shape index (κ1) is 34.7. The maximum absolute atomic E-state index is 12.8. The zero-order valence-corrected chi connectivity index (χ0v) is 26.4. The van der Waals surface area contributed by atoms with Crippen molar-refractivity contribution < 1.29 is 24.3 Å². The van der Waals surface area contributed by atoms with Crippen molar-refractivity contribution in [1.82, 2.24) is 20.9 Å². The number of para-hydroxylation sites is 1. The summed E-state index contributed by atoms with van der Waals surface area (Å²) in [6, 6.07) is 14.2. The summed E-state index contributed by atoms with van der Waals surface area (Å²) in [5.41, 5.74) is 4.72. The number of carbonyl (C=O) groups excluding carboxylic acids is 3. The summed E-state index contributed by atoms with van der Waals surface area (Å²) in [5.74, 6) is -1.98. The van der Waals surface area contributed by atoms with E-state index < -0.39 is 30.2 Å². The van der Waals surface area contributed by atoms with Gasteiger partial charge in [-0.2, -0.15) is 0 Å². The number of anilines is 2. The van der Waals surface area contributed by atoms with Crippen LogP contribution >= 0.6 is 0 Å². The molecule has 0 radical (unpaired) electrons. The molecule has 0 saturated carbocycles. The van der Waals surface area contributed by atoms with Crippen LogP contribution < -0.4 is 26.6 Å². The number of aryl methyl sites for hydroxylation is 1. The maximum atomic E-state index is 12.8. The first-order valence-corrected chi connectivity index (χ1v) is 15.6. The van der Waals surface area contributed by atoms with Gasteiger partial charge in [0, 0.05) is 30.2 Å². The van der Waals surface area contributed by atoms with Crippen molar-refractivity contribution in [3.63, 3.8) is 0 Å². The zero-order valence-electron chi connectivity index (χ0n) is 26.4. The molecule has 3 rings (SSSR count). The van der Waals surface area contributed by atoms with E-state index in [4.69, 9.17) is 0 Å². The minimum atomic E-state index is -1.26. The number of carbonyl (C=O) groups is 4. The third-order valence-electron chi connectivity index (χ3n) is 7.29. The summed E-state index contributed by atoms with van der Waals surface area (Å²) >= 11 is 0. The fourth-order valence-corrected chi connectivity index (χ4v) is 4.97. The smallest absolute Gasteiger partial charge is 0.305 e. The van der Waals surface area contributed by atoms with Crippen LogP contribution in [0.2, 0.25) is 0 Å². The van der Waals surface area contributed by atoms with E-state index in [1.54, 1.807) is 0 Å². The number of allylic oxidation sites excluding steroid dienone is 2. The van der Waals surface area contributed by atoms with Gasteiger partial charge in [-0.1, -0.05) is 50.3 Å². The van der Waals surface area contributed by atoms with Gasteiger partial charge >= 0.3 is 5.97 Å². The van der Waals surface area contributed by atoms with Gasteiger partial charge in [-0.3, -0.25) is 19.2 Å². The molecule has 1 fully saturated rings. The Kier molecular flexibility index (Phi) is 14.0. The summed E-state index contributed by atoms with van der Waals surface area (Å²) in [4.78, 5) is 51.5. The molecule has 6 N–H and O–H groups in total. The average Bonchev–Trinajstić information content (AvgIpc) is 3.55. The third kappa shape index (κ3) is 12.0. The molecule has 1 atom stereocenters. The molecular weight excluding hydrogens is 572 g/mol. The summed E-state index contributed by atoms with van der Waals surface area (Å²) < 4.78 is 0. The molecule has 11 heteroatoms. The van der Waals surface area contributed by atoms with Gasteiger partial charge in [-0.15, -0.1) is 0 Å². The fourth-order valence-electron chi connectivity index (χ4n) is 4.97. The molecule has 1 heterocycles. The Bertz CT molecular complexity index is 1370. The van der Waals surface area contributed by atoms with E-state index in [0.29, 0.717) is 0 Å². The summed E-state index contributed by atoms with van der Waals surface area (Å²) in [6.07, 6.45) is 7.40. The van der Waals surface area contributed by atoms with Crippen LogP contribution in [0.4, 0.5) is 11.4 Å². The standard InChI is InChI=1S/C34H46N6O5/c1-4-10-27(40-18-8-9-19-40)22-36-34(45)29(21-33(43)44)39-32(42)23-35-31(41)20-25-14-16-26(17-15-25)37-30(11-5-2)38-28-13-7-6-12-24(28)3/h6-7,10-17,29,37-38H,4-5,8-9,18-23H2,1-3H3,(H,35,41)(H,36,45)(H,39,42)(H,43,44)/b27-10+,30-11-. The Hall–Kier alpha value is -4.80. The van der Waals surface area contributed by atoms with Crippen molar-refractivity contribution in [2.45, 2.75) is 65.3 Å². The number of hydrogen-bond acceptors (Lipinski definition) is 7. The van der Waals surface area contributed by atoms with Gasteiger partial charge in [0.2, 0.25) is 17.7 Å². The molecular formula is C34H46N6O5. The molecule has 3 amide bonds. The van der Waals surface area contributed by atoms with E-state index in [1.807, 2.05) is 68.5 Å². The Morgan fingerprint density at radius 3 is 2.20 bits per heavy atom. The van der Waals surface area contributed by atoms with E-state index in [9.17, 15) is 24.3 Å². The lowest BCUT2D eigenvalue weighted by molar-refractivity contribution is -0.140. The molecule has 1 aliphatic rings. The highest BCUT2D eigenvalue weighted by Crippen LogP contribution is 2.19. The number of hydrogen-bond donors (Lipinski definition) is 6. The highest BCUT2D eigenvalue weighted by molar-refractivity contribution is 5.92. The van der Waals surface area contributed by atoms with Crippen LogP contribution in [0.5, 0.6) is 0 Å². The van der Waals surface area contributed by atoms with Crippen LogP contribution in [-0.2, 0) is 25.6 Å². The van der Waals surface area contributed by atoms with Gasteiger partial charge in [-0.25, -0.2) is 0 Å². The maximum Gasteiger partial charge on any atom is 0.305 e. The predicted molar refractivity (Wildman–Crippen MR) is 176 cm³/mol. The average molecular weight is 619 g/mol. The second-order valence-corrected chi connectivity index (χ2v) is 11.0. The van der Waals surface area contributed by atoms with Crippen molar-refractivity contribution in [1.29, 1.82) is 0 Å². The number of aliphatic carboxylic acids is 1. The minimum Gasteiger partial charge on any atom is -0.481 e. The van der Waals surface area contributed by atoms with Gasteiger partial charge in [0.05, 0.1) is 25.9 Å². The van der Waals surface area contributed by atoms with Gasteiger partial charge in [-0.05, 0) is 68.0 Å². The molecule has 0 aliphatic carbocycles. The lowest BCUT2D eigenvalue weighted by Gasteiger charge is -2.23. The lowest BCUT2D eigenvalue weighted by atomic mass is 10.1. The largest absolute Gasteiger partial charge is 0.481 e. The number of likely N-dealkylation sites (tertiary alicyclic amines) is 1. The van der Waals surface area contributed by atoms with Crippen molar-refractivity contribution >= 4 is 35.1 Å². The molecule has 45 heavy (non-hydrogen) atoms. The van der Waals surface area contributed by atoms with E-state index in [1.165, 1.54) is 0 Å². The van der Waals surface area contributed by atoms with Crippen LogP contribution in [0.25, 0.3) is 0 Å². The topological polar surface area (TPSA) is 152 Å². The molecule has 2 aromatic rings. The molecule has 1 saturated heterocycles. The molecule has 0 aromatic heterocycles. The first-order chi connectivity index (χ1) is 21.7. The Morgan fingerprint density at radius 2 is 1.56 bits per heavy atom. The third-order valence-corrected chi connectivity index (χ3v) is 7.29. The molecule has 1 unspecified atom stereocenters. The van der Waals surface area contributed by atoms with E-state index in [-0.39, 0.29) is 25.4 Å². The Balaban J connectivity index is 1.48. The first-order valence-electron chi connectivity index (χ1n) is 15.6. The van der Waals surface area contributed by atoms with Gasteiger partial charge in [0.1, 0.15) is 11.9 Å². The number of carboxylic acids is 1. The van der Waals surface area contributed by atoms with Crippen LogP contribution in [0.1, 0.15) is 57.1 Å². The van der Waals surface area contributed by atoms with Crippen LogP contribution in [0.3, 0.4) is 0 Å². The van der Waals surface area contributed by atoms with Crippen LogP contribution in [0, 0.1) is 6.92 Å². The summed E-state index contributed by atoms with van der Waals surface area (Å²) in [6.45, 7) is 7.82. The second kappa shape index (κ2) is 18.1. The van der Waals surface area contributed by atoms with E-state index in [0.717, 1.165) is 72.8 Å². The van der Waals surface area contributed by atoms with Gasteiger partial charge in [0.15, 0.2) is 0 Å². The number of rotatable bonds is 17. The minimum absolute atomic E-state index is 0.0504. The highest BCUT2D eigenvalue weighted by Gasteiger charge is 2.25. The number of nitrogens with zero attached hydrogens (tertiary/aromatic N) is 1. The van der Waals surface area contributed by atoms with E-state index >= 15 is 0 Å². The number of nitrogens with one attached hydrogen (secondary N) is 5. The monoisotopic (exact) mass is 618 g/mol. The van der Waals surface area contributed by atoms with Crippen LogP contribution in [-0.4, -0.2) is 65.9 Å². The highest BCUT2D eigenvalue weighted by atomic mass is 16.4. The van der Waals surface area contributed by atoms with Gasteiger partial charge < -0.3 is 36.6 Å². The number of carboxylic acid groups (broad SMARTS) is 1. The lowest BCUT2D eigenvalue weighted by Crippen LogP contribution is -2.51. The summed E-state index contributed by atoms with van der Waals surface area (Å²) in [5, 5.41) is 23.8. The van der Waals surface area contributed by atoms with Crippen molar-refractivity contribution in [3.8, 4) is 0 Å². The zero-order chi connectivity index (χ0) is 32.6. The van der Waals surface area contributed by atoms with Crippen molar-refractivity contribution in [3.05, 3.63) is 83.3 Å². The second-order valence-electron chi connectivity index (χ2n) is 11.0. The molecule has 11 nitrogen and oxygen atoms in total. The predicted octanol–water partition coefficient (Wildman–Crippen LogP) is 3.89. The molecule has 2 aromatic carbocycles. The molecule has 1 aliphatic heterocycles. The Morgan fingerprint density at radius 1 is 0.867 bits per heavy atom. The number of amides is 3. The fraction of sp³-hybridized carbons (Fsp3) is 0.412. The Labute approximate surface area is 265 Å². The van der Waals surface area contributed by atoms with Gasteiger partial charge in [0.25, 0.3) is 0 Å². The van der Waals surface area contributed by atoms with Crippen LogP contribution in [0.15, 0.2) is 72.2 Å². The molecule has 242 valence electrons. The van der Waals surface area contributed by atoms with E-state index in [2.05, 4.69) is 44.5 Å². The molecule has 0 bridgehead atoms. The summed E-state index contributed by atoms with van der Waals surface area (Å²) in [7, 11) is 0. The SMILES string of the molecule is CC/C=C(/Nc1ccc(CC(=O)NCC(=O)NC(CC(=O)O)C(=O)NC/C(=C\CC)N2CCCC2)cc1)Nc1ccccc1C. The van der Waals surface area contributed by atoms with Crippen molar-refractivity contribution in [2.24, 2.45) is 0 Å².